The molecule has 0 amide bonds. The lowest BCUT2D eigenvalue weighted by molar-refractivity contribution is 0.498. The average Bonchev–Trinajstić information content (AvgIpc) is 2.43. The van der Waals surface area contributed by atoms with Crippen LogP contribution in [-0.4, -0.2) is 11.9 Å². The third kappa shape index (κ3) is 0.732. The third-order valence-electron chi connectivity index (χ3n) is 2.40. The van der Waals surface area contributed by atoms with E-state index in [1.165, 1.54) is 6.42 Å². The fourth-order valence-electron chi connectivity index (χ4n) is 1.71. The van der Waals surface area contributed by atoms with Gasteiger partial charge in [-0.05, 0) is 18.3 Å². The van der Waals surface area contributed by atoms with Crippen molar-refractivity contribution in [3.05, 3.63) is 0 Å². The van der Waals surface area contributed by atoms with Crippen molar-refractivity contribution in [3.63, 3.8) is 0 Å². The highest BCUT2D eigenvalue weighted by molar-refractivity contribution is 5.81. The monoisotopic (exact) mass is 124 g/mol. The second kappa shape index (κ2) is 1.49. The molecule has 1 aliphatic heterocycles. The van der Waals surface area contributed by atoms with Crippen LogP contribution >= 0.6 is 0 Å². The SMILES string of the molecule is CC1CC(N)=N[C@@H]2C[C@@H]12. The normalized spacial score (nSPS) is 47.7. The maximum atomic E-state index is 5.59. The van der Waals surface area contributed by atoms with Crippen LogP contribution in [0.25, 0.3) is 0 Å². The maximum absolute atomic E-state index is 5.59. The lowest BCUT2D eigenvalue weighted by Crippen LogP contribution is -2.22. The Morgan fingerprint density at radius 2 is 2.44 bits per heavy atom. The predicted molar refractivity (Wildman–Crippen MR) is 37.3 cm³/mol. The van der Waals surface area contributed by atoms with Gasteiger partial charge in [0, 0.05) is 6.42 Å². The van der Waals surface area contributed by atoms with E-state index in [9.17, 15) is 0 Å². The number of amidine groups is 1. The van der Waals surface area contributed by atoms with Crippen molar-refractivity contribution < 1.29 is 0 Å². The van der Waals surface area contributed by atoms with E-state index in [1.54, 1.807) is 0 Å². The first kappa shape index (κ1) is 5.27. The third-order valence-corrected chi connectivity index (χ3v) is 2.40. The number of fused-ring (bicyclic) bond motifs is 1. The lowest BCUT2D eigenvalue weighted by atomic mass is 9.99. The highest BCUT2D eigenvalue weighted by atomic mass is 15.0. The molecule has 0 saturated heterocycles. The molecule has 1 saturated carbocycles. The molecule has 2 aliphatic rings. The molecule has 1 aliphatic carbocycles. The summed E-state index contributed by atoms with van der Waals surface area (Å²) in [6, 6.07) is 0.619. The molecule has 2 heteroatoms. The van der Waals surface area contributed by atoms with Crippen LogP contribution in [0.5, 0.6) is 0 Å². The molecule has 1 heterocycles. The maximum Gasteiger partial charge on any atom is 0.0943 e. The van der Waals surface area contributed by atoms with Gasteiger partial charge in [-0.3, -0.25) is 4.99 Å². The molecule has 2 rings (SSSR count). The molecule has 3 atom stereocenters. The Morgan fingerprint density at radius 1 is 1.67 bits per heavy atom. The van der Waals surface area contributed by atoms with Gasteiger partial charge in [-0.2, -0.15) is 0 Å². The van der Waals surface area contributed by atoms with Gasteiger partial charge in [0.05, 0.1) is 11.9 Å². The molecule has 2 nitrogen and oxygen atoms in total. The Hall–Kier alpha value is -0.530. The van der Waals surface area contributed by atoms with E-state index >= 15 is 0 Å². The Labute approximate surface area is 55.2 Å². The van der Waals surface area contributed by atoms with Gasteiger partial charge in [0.25, 0.3) is 0 Å². The van der Waals surface area contributed by atoms with Gasteiger partial charge in [0.15, 0.2) is 0 Å². The van der Waals surface area contributed by atoms with Crippen LogP contribution in [-0.2, 0) is 0 Å². The van der Waals surface area contributed by atoms with Crippen LogP contribution in [0, 0.1) is 11.8 Å². The molecule has 2 N–H and O–H groups in total. The molecule has 9 heavy (non-hydrogen) atoms. The highest BCUT2D eigenvalue weighted by Gasteiger charge is 2.43. The van der Waals surface area contributed by atoms with Crippen LogP contribution in [0.2, 0.25) is 0 Å². The minimum Gasteiger partial charge on any atom is -0.387 e. The number of nitrogens with zero attached hydrogens (tertiary/aromatic N) is 1. The molecule has 0 aromatic rings. The summed E-state index contributed by atoms with van der Waals surface area (Å²) < 4.78 is 0. The fourth-order valence-corrected chi connectivity index (χ4v) is 1.71. The first-order chi connectivity index (χ1) is 4.27. The Kier molecular flexibility index (Phi) is 0.875. The topological polar surface area (TPSA) is 38.4 Å². The predicted octanol–water partition coefficient (Wildman–Crippen LogP) is 0.772. The number of aliphatic imine (C=N–C) groups is 1. The Bertz CT molecular complexity index is 162. The summed E-state index contributed by atoms with van der Waals surface area (Å²) >= 11 is 0. The van der Waals surface area contributed by atoms with E-state index in [0.717, 1.165) is 24.1 Å². The van der Waals surface area contributed by atoms with Crippen molar-refractivity contribution in [2.45, 2.75) is 25.8 Å². The fraction of sp³-hybridized carbons (Fsp3) is 0.857. The van der Waals surface area contributed by atoms with Crippen molar-refractivity contribution >= 4 is 5.84 Å². The summed E-state index contributed by atoms with van der Waals surface area (Å²) in [5.74, 6) is 2.56. The van der Waals surface area contributed by atoms with Gasteiger partial charge in [-0.25, -0.2) is 0 Å². The molecule has 0 bridgehead atoms. The van der Waals surface area contributed by atoms with E-state index in [2.05, 4.69) is 11.9 Å². The van der Waals surface area contributed by atoms with E-state index < -0.39 is 0 Å². The van der Waals surface area contributed by atoms with Gasteiger partial charge in [0.2, 0.25) is 0 Å². The van der Waals surface area contributed by atoms with Crippen molar-refractivity contribution in [1.82, 2.24) is 0 Å². The van der Waals surface area contributed by atoms with Crippen molar-refractivity contribution in [1.29, 1.82) is 0 Å². The lowest BCUT2D eigenvalue weighted by Gasteiger charge is -2.13. The Balaban J connectivity index is 2.16. The van der Waals surface area contributed by atoms with Crippen LogP contribution in [0.3, 0.4) is 0 Å². The summed E-state index contributed by atoms with van der Waals surface area (Å²) in [5.41, 5.74) is 5.59. The molecule has 0 aromatic carbocycles. The van der Waals surface area contributed by atoms with Gasteiger partial charge in [-0.1, -0.05) is 6.92 Å². The summed E-state index contributed by atoms with van der Waals surface area (Å²) in [5, 5.41) is 0. The molecule has 1 unspecified atom stereocenters. The van der Waals surface area contributed by atoms with Crippen molar-refractivity contribution in [2.75, 3.05) is 0 Å². The van der Waals surface area contributed by atoms with Gasteiger partial charge >= 0.3 is 0 Å². The summed E-state index contributed by atoms with van der Waals surface area (Å²) in [7, 11) is 0. The minimum absolute atomic E-state index is 0.619. The van der Waals surface area contributed by atoms with E-state index in [0.29, 0.717) is 6.04 Å². The summed E-state index contributed by atoms with van der Waals surface area (Å²) in [4.78, 5) is 4.30. The number of nitrogens with two attached hydrogens (primary N) is 1. The van der Waals surface area contributed by atoms with Crippen LogP contribution in [0.1, 0.15) is 19.8 Å². The quantitative estimate of drug-likeness (QED) is 0.509. The average molecular weight is 124 g/mol. The Morgan fingerprint density at radius 3 is 3.11 bits per heavy atom. The molecule has 50 valence electrons. The number of hydrogen-bond acceptors (Lipinski definition) is 2. The molecule has 0 radical (unpaired) electrons. The molecule has 0 aromatic heterocycles. The van der Waals surface area contributed by atoms with Crippen molar-refractivity contribution in [2.24, 2.45) is 22.6 Å². The number of rotatable bonds is 0. The van der Waals surface area contributed by atoms with Crippen LogP contribution in [0.15, 0.2) is 4.99 Å². The molecular weight excluding hydrogens is 112 g/mol. The van der Waals surface area contributed by atoms with Crippen LogP contribution < -0.4 is 5.73 Å². The zero-order chi connectivity index (χ0) is 6.43. The highest BCUT2D eigenvalue weighted by Crippen LogP contribution is 2.44. The summed E-state index contributed by atoms with van der Waals surface area (Å²) in [6.07, 6.45) is 2.32. The zero-order valence-electron chi connectivity index (χ0n) is 5.67. The van der Waals surface area contributed by atoms with E-state index in [-0.39, 0.29) is 0 Å². The van der Waals surface area contributed by atoms with Gasteiger partial charge in [-0.15, -0.1) is 0 Å². The molecular formula is C7H12N2. The smallest absolute Gasteiger partial charge is 0.0943 e. The molecule has 1 fully saturated rings. The van der Waals surface area contributed by atoms with Gasteiger partial charge < -0.3 is 5.73 Å². The first-order valence-corrected chi connectivity index (χ1v) is 3.59. The zero-order valence-corrected chi connectivity index (χ0v) is 5.67. The second-order valence-electron chi connectivity index (χ2n) is 3.27. The molecule has 0 spiro atoms. The van der Waals surface area contributed by atoms with E-state index in [1.807, 2.05) is 0 Å². The minimum atomic E-state index is 0.619. The standard InChI is InChI=1S/C7H12N2/c1-4-2-7(8)9-6-3-5(4)6/h4-6H,2-3H2,1H3,(H2,8,9)/t4?,5-,6+/m0/s1. The largest absolute Gasteiger partial charge is 0.387 e. The van der Waals surface area contributed by atoms with Crippen LogP contribution in [0.4, 0.5) is 0 Å². The summed E-state index contributed by atoms with van der Waals surface area (Å²) in [6.45, 7) is 2.27. The first-order valence-electron chi connectivity index (χ1n) is 3.59. The van der Waals surface area contributed by atoms with E-state index in [4.69, 9.17) is 5.73 Å². The number of hydrogen-bond donors (Lipinski definition) is 1. The van der Waals surface area contributed by atoms with Crippen molar-refractivity contribution in [3.8, 4) is 0 Å². The van der Waals surface area contributed by atoms with Gasteiger partial charge in [0.1, 0.15) is 0 Å². The second-order valence-corrected chi connectivity index (χ2v) is 3.27.